The molecule has 162 valence electrons. The predicted molar refractivity (Wildman–Crippen MR) is 111 cm³/mol. The van der Waals surface area contributed by atoms with Crippen molar-refractivity contribution in [2.24, 2.45) is 11.8 Å². The molecule has 7 heteroatoms. The summed E-state index contributed by atoms with van der Waals surface area (Å²) in [5.41, 5.74) is 0.460. The van der Waals surface area contributed by atoms with Crippen molar-refractivity contribution in [1.82, 2.24) is 9.88 Å². The van der Waals surface area contributed by atoms with Crippen molar-refractivity contribution in [3.8, 4) is 0 Å². The summed E-state index contributed by atoms with van der Waals surface area (Å²) in [5.74, 6) is 0.955. The van der Waals surface area contributed by atoms with E-state index in [0.717, 1.165) is 76.0 Å². The SMILES string of the molecule is O=C([C@H]1CC[C@H](CNc2ccnc3cc(C(F)(F)F)ccc23)CC1)N1CCCCC1. The number of alkyl halides is 3. The molecule has 1 aromatic carbocycles. The van der Waals surface area contributed by atoms with Crippen molar-refractivity contribution in [2.75, 3.05) is 25.0 Å². The number of benzene rings is 1. The molecule has 0 unspecified atom stereocenters. The minimum absolute atomic E-state index is 0.155. The predicted octanol–water partition coefficient (Wildman–Crippen LogP) is 5.48. The van der Waals surface area contributed by atoms with Crippen LogP contribution >= 0.6 is 0 Å². The molecule has 0 spiro atoms. The molecule has 2 fully saturated rings. The monoisotopic (exact) mass is 419 g/mol. The molecule has 2 aromatic rings. The van der Waals surface area contributed by atoms with E-state index in [4.69, 9.17) is 0 Å². The first-order valence-corrected chi connectivity index (χ1v) is 10.9. The summed E-state index contributed by atoms with van der Waals surface area (Å²) in [6.07, 6.45) is 4.48. The lowest BCUT2D eigenvalue weighted by molar-refractivity contribution is -0.138. The van der Waals surface area contributed by atoms with Crippen molar-refractivity contribution >= 4 is 22.5 Å². The Morgan fingerprint density at radius 3 is 2.50 bits per heavy atom. The number of likely N-dealkylation sites (tertiary alicyclic amines) is 1. The third-order valence-corrected chi connectivity index (χ3v) is 6.51. The number of fused-ring (bicyclic) bond motifs is 1. The van der Waals surface area contributed by atoms with Gasteiger partial charge in [-0.1, -0.05) is 6.07 Å². The van der Waals surface area contributed by atoms with Crippen molar-refractivity contribution in [2.45, 2.75) is 51.1 Å². The van der Waals surface area contributed by atoms with Gasteiger partial charge in [0, 0.05) is 42.8 Å². The summed E-state index contributed by atoms with van der Waals surface area (Å²) in [5, 5.41) is 4.10. The maximum Gasteiger partial charge on any atom is 0.416 e. The molecule has 0 radical (unpaired) electrons. The molecule has 2 aliphatic rings. The highest BCUT2D eigenvalue weighted by Gasteiger charge is 2.31. The molecule has 1 aliphatic heterocycles. The molecule has 1 saturated carbocycles. The fourth-order valence-electron chi connectivity index (χ4n) is 4.72. The van der Waals surface area contributed by atoms with Crippen LogP contribution in [0, 0.1) is 11.8 Å². The normalized spacial score (nSPS) is 22.8. The molecule has 1 N–H and O–H groups in total. The number of rotatable bonds is 4. The number of carbonyl (C=O) groups excluding carboxylic acids is 1. The van der Waals surface area contributed by atoms with Gasteiger partial charge in [-0.3, -0.25) is 9.78 Å². The van der Waals surface area contributed by atoms with Gasteiger partial charge in [-0.2, -0.15) is 13.2 Å². The highest BCUT2D eigenvalue weighted by Crippen LogP contribution is 2.34. The number of aromatic nitrogens is 1. The number of hydrogen-bond donors (Lipinski definition) is 1. The topological polar surface area (TPSA) is 45.2 Å². The quantitative estimate of drug-likeness (QED) is 0.713. The highest BCUT2D eigenvalue weighted by molar-refractivity contribution is 5.91. The fraction of sp³-hybridized carbons (Fsp3) is 0.565. The van der Waals surface area contributed by atoms with Crippen LogP contribution in [0.1, 0.15) is 50.5 Å². The van der Waals surface area contributed by atoms with Crippen LogP contribution in [-0.2, 0) is 11.0 Å². The molecular weight excluding hydrogens is 391 g/mol. The van der Waals surface area contributed by atoms with Crippen molar-refractivity contribution in [3.05, 3.63) is 36.0 Å². The second kappa shape index (κ2) is 8.82. The Morgan fingerprint density at radius 1 is 1.07 bits per heavy atom. The molecule has 30 heavy (non-hydrogen) atoms. The van der Waals surface area contributed by atoms with Crippen LogP contribution < -0.4 is 5.32 Å². The molecular formula is C23H28F3N3O. The van der Waals surface area contributed by atoms with Gasteiger partial charge < -0.3 is 10.2 Å². The van der Waals surface area contributed by atoms with Crippen LogP contribution in [0.2, 0.25) is 0 Å². The highest BCUT2D eigenvalue weighted by atomic mass is 19.4. The van der Waals surface area contributed by atoms with Crippen LogP contribution in [0.3, 0.4) is 0 Å². The van der Waals surface area contributed by atoms with E-state index in [9.17, 15) is 18.0 Å². The van der Waals surface area contributed by atoms with E-state index in [-0.39, 0.29) is 5.92 Å². The van der Waals surface area contributed by atoms with Crippen molar-refractivity contribution in [1.29, 1.82) is 0 Å². The lowest BCUT2D eigenvalue weighted by atomic mass is 9.81. The van der Waals surface area contributed by atoms with E-state index in [1.165, 1.54) is 12.5 Å². The van der Waals surface area contributed by atoms with Gasteiger partial charge in [-0.25, -0.2) is 0 Å². The zero-order valence-electron chi connectivity index (χ0n) is 17.0. The summed E-state index contributed by atoms with van der Waals surface area (Å²) in [7, 11) is 0. The van der Waals surface area contributed by atoms with Crippen molar-refractivity contribution < 1.29 is 18.0 Å². The Hall–Kier alpha value is -2.31. The number of halogens is 3. The average Bonchev–Trinajstić information content (AvgIpc) is 2.77. The molecule has 1 amide bonds. The first-order chi connectivity index (χ1) is 14.4. The summed E-state index contributed by atoms with van der Waals surface area (Å²) in [6, 6.07) is 5.49. The number of nitrogens with one attached hydrogen (secondary N) is 1. The van der Waals surface area contributed by atoms with Gasteiger partial charge in [-0.05, 0) is 69.1 Å². The molecule has 4 nitrogen and oxygen atoms in total. The lowest BCUT2D eigenvalue weighted by Crippen LogP contribution is -2.41. The van der Waals surface area contributed by atoms with Crippen LogP contribution in [-0.4, -0.2) is 35.4 Å². The molecule has 1 aromatic heterocycles. The zero-order valence-corrected chi connectivity index (χ0v) is 17.0. The maximum absolute atomic E-state index is 12.9. The Kier molecular flexibility index (Phi) is 6.16. The molecule has 1 aliphatic carbocycles. The van der Waals surface area contributed by atoms with Crippen LogP contribution in [0.25, 0.3) is 10.9 Å². The van der Waals surface area contributed by atoms with E-state index in [0.29, 0.717) is 22.7 Å². The lowest BCUT2D eigenvalue weighted by Gasteiger charge is -2.34. The number of carbonyl (C=O) groups is 1. The number of hydrogen-bond acceptors (Lipinski definition) is 3. The standard InChI is InChI=1S/C23H28F3N3O/c24-23(25,26)18-8-9-19-20(10-11-27-21(19)14-18)28-15-16-4-6-17(7-5-16)22(30)29-12-2-1-3-13-29/h8-11,14,16-17H,1-7,12-13,15H2,(H,27,28)/t16-,17-. The summed E-state index contributed by atoms with van der Waals surface area (Å²) < 4.78 is 38.8. The van der Waals surface area contributed by atoms with Gasteiger partial charge >= 0.3 is 6.18 Å². The second-order valence-corrected chi connectivity index (χ2v) is 8.57. The maximum atomic E-state index is 12.9. The molecule has 1 saturated heterocycles. The number of piperidine rings is 1. The Bertz CT molecular complexity index is 885. The number of amides is 1. The number of anilines is 1. The van der Waals surface area contributed by atoms with Crippen LogP contribution in [0.5, 0.6) is 0 Å². The van der Waals surface area contributed by atoms with Gasteiger partial charge in [0.05, 0.1) is 11.1 Å². The molecule has 2 heterocycles. The Labute approximate surface area is 174 Å². The van der Waals surface area contributed by atoms with E-state index < -0.39 is 11.7 Å². The van der Waals surface area contributed by atoms with Gasteiger partial charge in [0.25, 0.3) is 0 Å². The number of pyridine rings is 1. The summed E-state index contributed by atoms with van der Waals surface area (Å²) in [4.78, 5) is 18.9. The Morgan fingerprint density at radius 2 is 1.80 bits per heavy atom. The molecule has 0 atom stereocenters. The average molecular weight is 419 g/mol. The van der Waals surface area contributed by atoms with Gasteiger partial charge in [0.1, 0.15) is 0 Å². The summed E-state index contributed by atoms with van der Waals surface area (Å²) in [6.45, 7) is 2.57. The number of nitrogens with zero attached hydrogens (tertiary/aromatic N) is 2. The van der Waals surface area contributed by atoms with E-state index in [2.05, 4.69) is 10.3 Å². The third kappa shape index (κ3) is 4.71. The smallest absolute Gasteiger partial charge is 0.384 e. The summed E-state index contributed by atoms with van der Waals surface area (Å²) >= 11 is 0. The van der Waals surface area contributed by atoms with E-state index >= 15 is 0 Å². The fourth-order valence-corrected chi connectivity index (χ4v) is 4.72. The van der Waals surface area contributed by atoms with Gasteiger partial charge in [0.15, 0.2) is 0 Å². The van der Waals surface area contributed by atoms with Crippen LogP contribution in [0.15, 0.2) is 30.5 Å². The first-order valence-electron chi connectivity index (χ1n) is 10.9. The van der Waals surface area contributed by atoms with E-state index in [1.807, 2.05) is 4.90 Å². The molecule has 4 rings (SSSR count). The first kappa shape index (κ1) is 20.9. The minimum atomic E-state index is -4.37. The van der Waals surface area contributed by atoms with Gasteiger partial charge in [-0.15, -0.1) is 0 Å². The third-order valence-electron chi connectivity index (χ3n) is 6.51. The Balaban J connectivity index is 1.33. The van der Waals surface area contributed by atoms with Gasteiger partial charge in [0.2, 0.25) is 5.91 Å². The van der Waals surface area contributed by atoms with Crippen LogP contribution in [0.4, 0.5) is 18.9 Å². The zero-order chi connectivity index (χ0) is 21.1. The minimum Gasteiger partial charge on any atom is -0.384 e. The second-order valence-electron chi connectivity index (χ2n) is 8.57. The largest absolute Gasteiger partial charge is 0.416 e. The van der Waals surface area contributed by atoms with E-state index in [1.54, 1.807) is 12.3 Å². The van der Waals surface area contributed by atoms with Crippen molar-refractivity contribution in [3.63, 3.8) is 0 Å². The molecule has 0 bridgehead atoms.